The van der Waals surface area contributed by atoms with Crippen LogP contribution in [0.25, 0.3) is 11.3 Å². The smallest absolute Gasteiger partial charge is 0.309 e. The average molecular weight is 852 g/mol. The third-order valence-electron chi connectivity index (χ3n) is 21.2. The van der Waals surface area contributed by atoms with Crippen LogP contribution >= 0.6 is 0 Å². The number of aliphatic carboxylic acids is 1. The number of ether oxygens (including phenoxy) is 2. The Balaban J connectivity index is 0.957. The molecule has 0 bridgehead atoms. The van der Waals surface area contributed by atoms with Crippen LogP contribution in [0, 0.1) is 79.8 Å². The lowest BCUT2D eigenvalue weighted by molar-refractivity contribution is -0.253. The van der Waals surface area contributed by atoms with Crippen molar-refractivity contribution >= 4 is 17.8 Å². The van der Waals surface area contributed by atoms with Crippen molar-refractivity contribution in [1.29, 1.82) is 0 Å². The number of H-pyrrole nitrogens is 1. The summed E-state index contributed by atoms with van der Waals surface area (Å²) in [5, 5.41) is 9.85. The predicted molar refractivity (Wildman–Crippen MR) is 241 cm³/mol. The van der Waals surface area contributed by atoms with E-state index >= 15 is 4.79 Å². The van der Waals surface area contributed by atoms with Crippen LogP contribution < -0.4 is 4.74 Å². The second-order valence-corrected chi connectivity index (χ2v) is 23.7. The van der Waals surface area contributed by atoms with Crippen molar-refractivity contribution in [3.8, 4) is 17.0 Å². The monoisotopic (exact) mass is 852 g/mol. The van der Waals surface area contributed by atoms with Gasteiger partial charge in [-0.1, -0.05) is 62.3 Å². The molecule has 1 aliphatic heterocycles. The molecule has 5 unspecified atom stereocenters. The minimum Gasteiger partial charge on any atom is -0.497 e. The molecule has 9 rings (SSSR count). The van der Waals surface area contributed by atoms with E-state index in [2.05, 4.69) is 70.5 Å². The predicted octanol–water partition coefficient (Wildman–Crippen LogP) is 11.5. The number of aromatic nitrogens is 2. The van der Waals surface area contributed by atoms with Gasteiger partial charge in [-0.3, -0.25) is 14.4 Å². The highest BCUT2D eigenvalue weighted by atomic mass is 16.5. The van der Waals surface area contributed by atoms with Crippen LogP contribution in [0.3, 0.4) is 0 Å². The highest BCUT2D eigenvalue weighted by molar-refractivity contribution is 5.85. The molecule has 2 heterocycles. The molecule has 7 aliphatic rings. The van der Waals surface area contributed by atoms with E-state index in [0.717, 1.165) is 87.2 Å². The summed E-state index contributed by atoms with van der Waals surface area (Å²) < 4.78 is 11.9. The largest absolute Gasteiger partial charge is 0.497 e. The van der Waals surface area contributed by atoms with Gasteiger partial charge in [0.05, 0.1) is 42.3 Å². The second-order valence-electron chi connectivity index (χ2n) is 23.7. The molecule has 6 saturated carbocycles. The normalized spacial score (nSPS) is 43.1. The van der Waals surface area contributed by atoms with Gasteiger partial charge < -0.3 is 24.5 Å². The van der Waals surface area contributed by atoms with Crippen LogP contribution in [0.1, 0.15) is 164 Å². The summed E-state index contributed by atoms with van der Waals surface area (Å²) in [6, 6.07) is 8.05. The van der Waals surface area contributed by atoms with E-state index in [4.69, 9.17) is 14.5 Å². The van der Waals surface area contributed by atoms with Crippen molar-refractivity contribution < 1.29 is 29.0 Å². The number of fused-ring (bicyclic) bond motifs is 7. The van der Waals surface area contributed by atoms with Crippen LogP contribution in [0.4, 0.5) is 0 Å². The number of nitrogens with zero attached hydrogens (tertiary/aromatic N) is 2. The standard InChI is InChI=1S/C53H77N3O6/c1-11-49(6)36(45(57)58)29-37(49)46(59)62-42-22-23-50(7)40(48(42,4)5)21-24-52(9)41(50)19-18-35-43-34(31(2)3)20-25-53(43,27-26-51(35,52)8)47(60)56-28-12-13-39(56)44-54-30-38(55-44)32-14-16-33(61-10)17-15-32/h14-17,30-31,34-37,39-43H,11-13,18-29H2,1-10H3,(H,54,55)(H,57,58)/t34-,35+,36-,37+,39?,40?,41?,42-,43?,49?,50-,51+,52+,53-/m0/s1. The van der Waals surface area contributed by atoms with Gasteiger partial charge >= 0.3 is 11.9 Å². The molecule has 340 valence electrons. The fraction of sp³-hybridized carbons (Fsp3) is 0.774. The molecule has 14 atom stereocenters. The molecule has 9 heteroatoms. The number of rotatable bonds is 9. The zero-order valence-electron chi connectivity index (χ0n) is 39.6. The second kappa shape index (κ2) is 15.1. The first-order valence-corrected chi connectivity index (χ1v) is 24.7. The zero-order chi connectivity index (χ0) is 44.4. The topological polar surface area (TPSA) is 122 Å². The Morgan fingerprint density at radius 2 is 1.61 bits per heavy atom. The highest BCUT2D eigenvalue weighted by Gasteiger charge is 2.73. The van der Waals surface area contributed by atoms with Crippen molar-refractivity contribution in [3.63, 3.8) is 0 Å². The maximum Gasteiger partial charge on any atom is 0.309 e. The van der Waals surface area contributed by atoms with Gasteiger partial charge in [-0.15, -0.1) is 0 Å². The number of nitrogens with one attached hydrogen (secondary N) is 1. The molecule has 62 heavy (non-hydrogen) atoms. The number of methoxy groups -OCH3 is 1. The van der Waals surface area contributed by atoms with E-state index in [0.29, 0.717) is 54.3 Å². The summed E-state index contributed by atoms with van der Waals surface area (Å²) in [4.78, 5) is 52.3. The number of carboxylic acids is 1. The van der Waals surface area contributed by atoms with Crippen molar-refractivity contribution in [2.75, 3.05) is 13.7 Å². The van der Waals surface area contributed by atoms with E-state index in [1.54, 1.807) is 7.11 Å². The lowest BCUT2D eigenvalue weighted by Gasteiger charge is -2.73. The molecule has 2 N–H and O–H groups in total. The van der Waals surface area contributed by atoms with E-state index < -0.39 is 17.3 Å². The molecule has 1 saturated heterocycles. The summed E-state index contributed by atoms with van der Waals surface area (Å²) >= 11 is 0. The van der Waals surface area contributed by atoms with E-state index in [1.165, 1.54) is 19.3 Å². The number of imidazole rings is 1. The molecule has 1 aromatic carbocycles. The van der Waals surface area contributed by atoms with Gasteiger partial charge in [0.1, 0.15) is 17.7 Å². The number of aromatic amines is 1. The number of carbonyl (C=O) groups excluding carboxylic acids is 2. The number of esters is 1. The molecule has 7 fully saturated rings. The first kappa shape index (κ1) is 43.9. The molecule has 1 aromatic heterocycles. The van der Waals surface area contributed by atoms with Crippen LogP contribution in [0.2, 0.25) is 0 Å². The summed E-state index contributed by atoms with van der Waals surface area (Å²) in [5.74, 6) is 3.32. The van der Waals surface area contributed by atoms with Crippen molar-refractivity contribution in [2.45, 2.75) is 164 Å². The number of hydrogen-bond acceptors (Lipinski definition) is 6. The summed E-state index contributed by atoms with van der Waals surface area (Å²) in [5.41, 5.74) is 1.41. The minimum atomic E-state index is -0.797. The molecule has 1 amide bonds. The summed E-state index contributed by atoms with van der Waals surface area (Å²) in [6.45, 7) is 22.3. The number of carbonyl (C=O) groups is 3. The summed E-state index contributed by atoms with van der Waals surface area (Å²) in [6.07, 6.45) is 15.6. The third kappa shape index (κ3) is 6.09. The van der Waals surface area contributed by atoms with E-state index in [-0.39, 0.29) is 51.1 Å². The Kier molecular flexibility index (Phi) is 10.7. The molecule has 0 spiro atoms. The van der Waals surface area contributed by atoms with Crippen molar-refractivity contribution in [3.05, 3.63) is 36.3 Å². The SMILES string of the molecule is CCC1(C)[C@@H](C(=O)O[C@H]2CC[C@@]3(C)C(CC[C@]4(C)C3CC[C@@H]3C5[C@H](C(C)C)CC[C@]5(C(=O)N5CCCC5c5ncc(-c6ccc(OC)cc6)[nH]5)CC[C@]34C)C2(C)C)C[C@H]1C(=O)O. The molecular formula is C53H77N3O6. The van der Waals surface area contributed by atoms with Crippen molar-refractivity contribution in [1.82, 2.24) is 14.9 Å². The average Bonchev–Trinajstić information content (AvgIpc) is 4.01. The van der Waals surface area contributed by atoms with Gasteiger partial charge in [0.25, 0.3) is 0 Å². The van der Waals surface area contributed by atoms with Gasteiger partial charge in [-0.25, -0.2) is 4.98 Å². The number of likely N-dealkylation sites (tertiary alicyclic amines) is 1. The van der Waals surface area contributed by atoms with Crippen LogP contribution in [-0.2, 0) is 19.1 Å². The fourth-order valence-corrected chi connectivity index (χ4v) is 17.3. The molecular weight excluding hydrogens is 775 g/mol. The van der Waals surface area contributed by atoms with Gasteiger partial charge in [0.2, 0.25) is 5.91 Å². The Hall–Kier alpha value is -3.36. The van der Waals surface area contributed by atoms with Gasteiger partial charge in [0.15, 0.2) is 0 Å². The highest BCUT2D eigenvalue weighted by Crippen LogP contribution is 2.78. The Bertz CT molecular complexity index is 2060. The number of amides is 1. The number of carboxylic acid groups (broad SMARTS) is 1. The number of benzene rings is 1. The Morgan fingerprint density at radius 3 is 2.29 bits per heavy atom. The first-order chi connectivity index (χ1) is 29.3. The third-order valence-corrected chi connectivity index (χ3v) is 21.2. The molecule has 9 nitrogen and oxygen atoms in total. The first-order valence-electron chi connectivity index (χ1n) is 24.7. The van der Waals surface area contributed by atoms with Gasteiger partial charge in [0, 0.05) is 12.0 Å². The van der Waals surface area contributed by atoms with Crippen LogP contribution in [0.15, 0.2) is 30.5 Å². The Labute approximate surface area is 371 Å². The van der Waals surface area contributed by atoms with Crippen LogP contribution in [0.5, 0.6) is 5.75 Å². The molecule has 2 aromatic rings. The quantitative estimate of drug-likeness (QED) is 0.241. The minimum absolute atomic E-state index is 0.0243. The van der Waals surface area contributed by atoms with E-state index in [1.807, 2.05) is 32.2 Å². The van der Waals surface area contributed by atoms with Crippen LogP contribution in [-0.4, -0.2) is 57.6 Å². The van der Waals surface area contributed by atoms with Gasteiger partial charge in [-0.05, 0) is 177 Å². The lowest BCUT2D eigenvalue weighted by Crippen LogP contribution is -2.67. The lowest BCUT2D eigenvalue weighted by atomic mass is 9.32. The molecule has 6 aliphatic carbocycles. The Morgan fingerprint density at radius 1 is 0.871 bits per heavy atom. The zero-order valence-corrected chi connectivity index (χ0v) is 39.6. The van der Waals surface area contributed by atoms with Gasteiger partial charge in [-0.2, -0.15) is 0 Å². The van der Waals surface area contributed by atoms with Crippen molar-refractivity contribution in [2.24, 2.45) is 79.8 Å². The summed E-state index contributed by atoms with van der Waals surface area (Å²) in [7, 11) is 1.69. The maximum atomic E-state index is 15.6. The van der Waals surface area contributed by atoms with E-state index in [9.17, 15) is 14.7 Å². The number of hydrogen-bond donors (Lipinski definition) is 2. The maximum absolute atomic E-state index is 15.6. The molecule has 0 radical (unpaired) electrons. The fourth-order valence-electron chi connectivity index (χ4n) is 17.3.